The van der Waals surface area contributed by atoms with Crippen molar-refractivity contribution >= 4 is 0 Å². The highest BCUT2D eigenvalue weighted by molar-refractivity contribution is 5.80. The first-order chi connectivity index (χ1) is 18.7. The van der Waals surface area contributed by atoms with E-state index in [1.807, 2.05) is 53.1 Å². The number of unbranched alkanes of at least 4 members (excludes halogenated alkanes) is 4. The summed E-state index contributed by atoms with van der Waals surface area (Å²) >= 11 is 0. The highest BCUT2D eigenvalue weighted by Crippen LogP contribution is 2.29. The van der Waals surface area contributed by atoms with Gasteiger partial charge in [0.15, 0.2) is 0 Å². The van der Waals surface area contributed by atoms with Crippen LogP contribution in [0.4, 0.5) is 0 Å². The molecule has 5 aromatic rings. The highest BCUT2D eigenvalue weighted by Gasteiger charge is 2.15. The molecule has 3 aromatic carbocycles. The van der Waals surface area contributed by atoms with Gasteiger partial charge in [-0.2, -0.15) is 10.3 Å². The number of hydrogen-bond acceptors (Lipinski definition) is 5. The van der Waals surface area contributed by atoms with Crippen molar-refractivity contribution in [2.45, 2.75) is 58.5 Å². The molecule has 0 atom stereocenters. The van der Waals surface area contributed by atoms with Crippen LogP contribution in [0.3, 0.4) is 0 Å². The molecule has 0 saturated heterocycles. The van der Waals surface area contributed by atoms with E-state index in [2.05, 4.69) is 57.9 Å². The zero-order valence-corrected chi connectivity index (χ0v) is 21.8. The van der Waals surface area contributed by atoms with Crippen molar-refractivity contribution in [2.24, 2.45) is 0 Å². The fourth-order valence-electron chi connectivity index (χ4n) is 4.75. The Kier molecular flexibility index (Phi) is 8.18. The number of tetrazole rings is 1. The molecule has 0 amide bonds. The van der Waals surface area contributed by atoms with Gasteiger partial charge in [0.05, 0.1) is 13.1 Å². The number of aryl methyl sites for hydroxylation is 1. The number of rotatable bonds is 12. The van der Waals surface area contributed by atoms with Gasteiger partial charge in [-0.15, -0.1) is 10.2 Å². The van der Waals surface area contributed by atoms with Crippen molar-refractivity contribution in [3.8, 4) is 22.5 Å². The van der Waals surface area contributed by atoms with Crippen molar-refractivity contribution in [1.82, 2.24) is 35.0 Å². The SMILES string of the molecule is CCCCCCCc1nn(Cc2ccccc2)c(=O)n1Cc1ccc(-c2ccccc2-c2nn[nH]n2)cc1. The number of H-pyrrole nitrogens is 1. The summed E-state index contributed by atoms with van der Waals surface area (Å²) in [6, 6.07) is 26.3. The van der Waals surface area contributed by atoms with Crippen LogP contribution in [-0.2, 0) is 19.5 Å². The average molecular weight is 508 g/mol. The zero-order valence-electron chi connectivity index (χ0n) is 21.8. The minimum Gasteiger partial charge on any atom is -0.274 e. The number of nitrogens with one attached hydrogen (secondary N) is 1. The summed E-state index contributed by atoms with van der Waals surface area (Å²) in [7, 11) is 0. The molecule has 8 nitrogen and oxygen atoms in total. The molecular weight excluding hydrogens is 474 g/mol. The van der Waals surface area contributed by atoms with Gasteiger partial charge in [-0.25, -0.2) is 9.48 Å². The normalized spacial score (nSPS) is 11.2. The fraction of sp³-hybridized carbons (Fsp3) is 0.300. The topological polar surface area (TPSA) is 94.3 Å². The summed E-state index contributed by atoms with van der Waals surface area (Å²) in [6.45, 7) is 3.18. The van der Waals surface area contributed by atoms with E-state index in [9.17, 15) is 4.79 Å². The van der Waals surface area contributed by atoms with E-state index < -0.39 is 0 Å². The van der Waals surface area contributed by atoms with E-state index in [-0.39, 0.29) is 5.69 Å². The van der Waals surface area contributed by atoms with Crippen LogP contribution in [0.25, 0.3) is 22.5 Å². The van der Waals surface area contributed by atoms with E-state index in [0.29, 0.717) is 18.9 Å². The van der Waals surface area contributed by atoms with E-state index in [4.69, 9.17) is 5.10 Å². The largest absolute Gasteiger partial charge is 0.346 e. The molecule has 8 heteroatoms. The van der Waals surface area contributed by atoms with Gasteiger partial charge in [0.25, 0.3) is 0 Å². The summed E-state index contributed by atoms with van der Waals surface area (Å²) in [4.78, 5) is 13.4. The molecule has 194 valence electrons. The number of benzene rings is 3. The molecule has 1 N–H and O–H groups in total. The maximum absolute atomic E-state index is 13.4. The Bertz CT molecular complexity index is 1490. The minimum atomic E-state index is -0.0658. The van der Waals surface area contributed by atoms with Crippen LogP contribution in [0.15, 0.2) is 83.7 Å². The third-order valence-electron chi connectivity index (χ3n) is 6.80. The van der Waals surface area contributed by atoms with Crippen molar-refractivity contribution in [3.63, 3.8) is 0 Å². The lowest BCUT2D eigenvalue weighted by atomic mass is 9.98. The lowest BCUT2D eigenvalue weighted by molar-refractivity contribution is 0.602. The summed E-state index contributed by atoms with van der Waals surface area (Å²) < 4.78 is 3.44. The van der Waals surface area contributed by atoms with Crippen LogP contribution in [0, 0.1) is 0 Å². The highest BCUT2D eigenvalue weighted by atomic mass is 16.2. The molecule has 0 spiro atoms. The second-order valence-corrected chi connectivity index (χ2v) is 9.57. The van der Waals surface area contributed by atoms with Gasteiger partial charge in [0.2, 0.25) is 5.82 Å². The number of nitrogens with zero attached hydrogens (tertiary/aromatic N) is 6. The van der Waals surface area contributed by atoms with Crippen LogP contribution in [0.1, 0.15) is 56.0 Å². The zero-order chi connectivity index (χ0) is 26.2. The fourth-order valence-corrected chi connectivity index (χ4v) is 4.75. The molecule has 0 saturated carbocycles. The predicted octanol–water partition coefficient (Wildman–Crippen LogP) is 5.50. The molecule has 0 fully saturated rings. The predicted molar refractivity (Wildman–Crippen MR) is 149 cm³/mol. The molecule has 0 unspecified atom stereocenters. The lowest BCUT2D eigenvalue weighted by Gasteiger charge is -2.09. The Morgan fingerprint density at radius 2 is 1.47 bits per heavy atom. The van der Waals surface area contributed by atoms with Gasteiger partial charge in [-0.3, -0.25) is 4.57 Å². The van der Waals surface area contributed by atoms with Crippen LogP contribution in [0.5, 0.6) is 0 Å². The van der Waals surface area contributed by atoms with Crippen molar-refractivity contribution < 1.29 is 0 Å². The molecule has 5 rings (SSSR count). The Balaban J connectivity index is 1.38. The minimum absolute atomic E-state index is 0.0658. The van der Waals surface area contributed by atoms with Gasteiger partial charge >= 0.3 is 5.69 Å². The third-order valence-corrected chi connectivity index (χ3v) is 6.80. The third kappa shape index (κ3) is 5.96. The molecule has 0 aliphatic rings. The molecule has 2 aromatic heterocycles. The van der Waals surface area contributed by atoms with Crippen molar-refractivity contribution in [3.05, 3.63) is 106 Å². The molecule has 0 radical (unpaired) electrons. The molecule has 0 aliphatic carbocycles. The van der Waals surface area contributed by atoms with Crippen molar-refractivity contribution in [2.75, 3.05) is 0 Å². The van der Waals surface area contributed by atoms with Crippen LogP contribution in [0.2, 0.25) is 0 Å². The molecule has 2 heterocycles. The maximum Gasteiger partial charge on any atom is 0.346 e. The van der Waals surface area contributed by atoms with Gasteiger partial charge in [-0.05, 0) is 33.9 Å². The number of aromatic amines is 1. The smallest absolute Gasteiger partial charge is 0.274 e. The molecule has 0 aliphatic heterocycles. The molecular formula is C30H33N7O. The average Bonchev–Trinajstić information content (AvgIpc) is 3.59. The summed E-state index contributed by atoms with van der Waals surface area (Å²) in [5, 5.41) is 19.3. The van der Waals surface area contributed by atoms with E-state index in [0.717, 1.165) is 52.9 Å². The molecule has 38 heavy (non-hydrogen) atoms. The van der Waals surface area contributed by atoms with Crippen molar-refractivity contribution in [1.29, 1.82) is 0 Å². The van der Waals surface area contributed by atoms with Gasteiger partial charge in [0.1, 0.15) is 5.82 Å². The Morgan fingerprint density at radius 1 is 0.763 bits per heavy atom. The second-order valence-electron chi connectivity index (χ2n) is 9.57. The van der Waals surface area contributed by atoms with Crippen LogP contribution < -0.4 is 5.69 Å². The first-order valence-electron chi connectivity index (χ1n) is 13.4. The quantitative estimate of drug-likeness (QED) is 0.225. The Labute approximate surface area is 222 Å². The first-order valence-corrected chi connectivity index (χ1v) is 13.4. The Hall–Kier alpha value is -4.33. The maximum atomic E-state index is 13.4. The molecule has 0 bridgehead atoms. The monoisotopic (exact) mass is 507 g/mol. The van der Waals surface area contributed by atoms with Crippen LogP contribution in [-0.4, -0.2) is 35.0 Å². The van der Waals surface area contributed by atoms with Gasteiger partial charge in [0, 0.05) is 12.0 Å². The summed E-state index contributed by atoms with van der Waals surface area (Å²) in [5.41, 5.74) is 5.05. The second kappa shape index (κ2) is 12.3. The van der Waals surface area contributed by atoms with Gasteiger partial charge < -0.3 is 0 Å². The summed E-state index contributed by atoms with van der Waals surface area (Å²) in [5.74, 6) is 1.42. The van der Waals surface area contributed by atoms with E-state index >= 15 is 0 Å². The van der Waals surface area contributed by atoms with Gasteiger partial charge in [-0.1, -0.05) is 111 Å². The van der Waals surface area contributed by atoms with E-state index in [1.165, 1.54) is 19.3 Å². The number of hydrogen-bond donors (Lipinski definition) is 1. The van der Waals surface area contributed by atoms with E-state index in [1.54, 1.807) is 4.68 Å². The Morgan fingerprint density at radius 3 is 2.21 bits per heavy atom. The number of aromatic nitrogens is 7. The summed E-state index contributed by atoms with van der Waals surface area (Å²) in [6.07, 6.45) is 6.67. The van der Waals surface area contributed by atoms with Crippen LogP contribution >= 0.6 is 0 Å². The first kappa shape index (κ1) is 25.3. The standard InChI is InChI=1S/C30H33N7O/c1-2-3-4-5-9-16-28-33-37(22-23-12-7-6-8-13-23)30(38)36(28)21-24-17-19-25(20-18-24)26-14-10-11-15-27(26)29-31-34-35-32-29/h6-8,10-15,17-20H,2-5,9,16,21-22H2,1H3,(H,31,32,34,35). The lowest BCUT2D eigenvalue weighted by Crippen LogP contribution is -2.26.